The minimum atomic E-state index is -0.638. The summed E-state index contributed by atoms with van der Waals surface area (Å²) in [5, 5.41) is 7.15. The lowest BCUT2D eigenvalue weighted by atomic mass is 9.79. The van der Waals surface area contributed by atoms with Crippen LogP contribution in [0.2, 0.25) is 5.02 Å². The predicted octanol–water partition coefficient (Wildman–Crippen LogP) is 4.99. The van der Waals surface area contributed by atoms with Gasteiger partial charge in [0.1, 0.15) is 6.04 Å². The summed E-state index contributed by atoms with van der Waals surface area (Å²) >= 11 is 6.12. The number of ether oxygens (including phenoxy) is 1. The molecular weight excluding hydrogens is 546 g/mol. The number of benzene rings is 3. The van der Waals surface area contributed by atoms with E-state index in [1.807, 2.05) is 48.4 Å². The van der Waals surface area contributed by atoms with E-state index in [-0.39, 0.29) is 24.0 Å². The van der Waals surface area contributed by atoms with E-state index in [0.717, 1.165) is 37.7 Å². The van der Waals surface area contributed by atoms with Crippen molar-refractivity contribution in [2.24, 2.45) is 0 Å². The number of carbonyl (C=O) groups excluding carboxylic acids is 2. The summed E-state index contributed by atoms with van der Waals surface area (Å²) in [6.45, 7) is 2.01. The molecule has 6 nitrogen and oxygen atoms in total. The van der Waals surface area contributed by atoms with E-state index in [2.05, 4.69) is 41.0 Å². The van der Waals surface area contributed by atoms with Gasteiger partial charge in [-0.25, -0.2) is 0 Å². The fourth-order valence-corrected chi connectivity index (χ4v) is 7.09. The molecule has 1 unspecified atom stereocenters. The van der Waals surface area contributed by atoms with Crippen LogP contribution >= 0.6 is 11.6 Å². The van der Waals surface area contributed by atoms with Gasteiger partial charge in [0.15, 0.2) is 0 Å². The third kappa shape index (κ3) is 6.41. The molecule has 0 spiro atoms. The van der Waals surface area contributed by atoms with Crippen LogP contribution in [0.4, 0.5) is 0 Å². The maximum atomic E-state index is 14.0. The molecule has 220 valence electrons. The Kier molecular flexibility index (Phi) is 8.94. The standard InChI is InChI=1S/C35H40ClN3O3/c1-42-29-14-11-24-7-4-8-30(31(24)21-29)25-15-17-39(18-16-25)35(41)33(19-23-9-12-28(36)13-10-23)38-34(40)32-20-26-5-2-3-6-27(26)22-37-32/h2-10,12-13,25,29,32-33,37H,11,14-22H2,1H3,(H,38,40)/t29?,32-,33-/m1/s1. The molecule has 1 aliphatic carbocycles. The highest BCUT2D eigenvalue weighted by Gasteiger charge is 2.33. The summed E-state index contributed by atoms with van der Waals surface area (Å²) in [4.78, 5) is 29.4. The van der Waals surface area contributed by atoms with Gasteiger partial charge in [-0.05, 0) is 90.0 Å². The van der Waals surface area contributed by atoms with Crippen LogP contribution in [0.5, 0.6) is 0 Å². The molecule has 1 saturated heterocycles. The topological polar surface area (TPSA) is 70.7 Å². The quantitative estimate of drug-likeness (QED) is 0.410. The van der Waals surface area contributed by atoms with Gasteiger partial charge < -0.3 is 20.3 Å². The second-order valence-electron chi connectivity index (χ2n) is 12.0. The number of likely N-dealkylation sites (tertiary alicyclic amines) is 1. The van der Waals surface area contributed by atoms with Crippen molar-refractivity contribution in [1.29, 1.82) is 0 Å². The molecule has 2 amide bonds. The number of hydrogen-bond donors (Lipinski definition) is 2. The van der Waals surface area contributed by atoms with Crippen LogP contribution < -0.4 is 10.6 Å². The number of piperidine rings is 1. The monoisotopic (exact) mass is 585 g/mol. The smallest absolute Gasteiger partial charge is 0.245 e. The number of hydrogen-bond acceptors (Lipinski definition) is 4. The van der Waals surface area contributed by atoms with Crippen LogP contribution in [0.25, 0.3) is 0 Å². The normalized spacial score (nSPS) is 21.2. The van der Waals surface area contributed by atoms with E-state index in [4.69, 9.17) is 16.3 Å². The molecule has 2 heterocycles. The maximum absolute atomic E-state index is 14.0. The third-order valence-electron chi connectivity index (χ3n) is 9.42. The van der Waals surface area contributed by atoms with Crippen LogP contribution in [0.15, 0.2) is 66.7 Å². The van der Waals surface area contributed by atoms with Crippen LogP contribution in [-0.4, -0.2) is 55.1 Å². The molecule has 3 atom stereocenters. The minimum Gasteiger partial charge on any atom is -0.381 e. The van der Waals surface area contributed by atoms with Gasteiger partial charge in [-0.15, -0.1) is 0 Å². The maximum Gasteiger partial charge on any atom is 0.245 e. The van der Waals surface area contributed by atoms with Gasteiger partial charge in [-0.3, -0.25) is 9.59 Å². The Morgan fingerprint density at radius 1 is 0.952 bits per heavy atom. The highest BCUT2D eigenvalue weighted by atomic mass is 35.5. The number of methoxy groups -OCH3 is 1. The van der Waals surface area contributed by atoms with Gasteiger partial charge in [0, 0.05) is 38.2 Å². The molecule has 3 aliphatic rings. The molecule has 0 saturated carbocycles. The van der Waals surface area contributed by atoms with Gasteiger partial charge in [-0.1, -0.05) is 66.2 Å². The number of aryl methyl sites for hydroxylation is 1. The van der Waals surface area contributed by atoms with Crippen molar-refractivity contribution in [1.82, 2.24) is 15.5 Å². The van der Waals surface area contributed by atoms with Crippen molar-refractivity contribution in [3.63, 3.8) is 0 Å². The van der Waals surface area contributed by atoms with E-state index in [1.165, 1.54) is 27.8 Å². The lowest BCUT2D eigenvalue weighted by Crippen LogP contribution is -2.56. The molecule has 7 heteroatoms. The van der Waals surface area contributed by atoms with Crippen molar-refractivity contribution in [3.8, 4) is 0 Å². The zero-order valence-electron chi connectivity index (χ0n) is 24.3. The lowest BCUT2D eigenvalue weighted by molar-refractivity contribution is -0.137. The largest absolute Gasteiger partial charge is 0.381 e. The van der Waals surface area contributed by atoms with Crippen LogP contribution in [0, 0.1) is 0 Å². The molecule has 1 fully saturated rings. The Morgan fingerprint density at radius 2 is 1.69 bits per heavy atom. The number of carbonyl (C=O) groups is 2. The van der Waals surface area contributed by atoms with Crippen LogP contribution in [0.1, 0.15) is 58.6 Å². The van der Waals surface area contributed by atoms with Gasteiger partial charge in [0.05, 0.1) is 12.1 Å². The molecule has 42 heavy (non-hydrogen) atoms. The summed E-state index contributed by atoms with van der Waals surface area (Å²) in [7, 11) is 1.81. The first-order valence-corrected chi connectivity index (χ1v) is 15.6. The molecule has 6 rings (SSSR count). The zero-order valence-corrected chi connectivity index (χ0v) is 25.0. The average molecular weight is 586 g/mol. The Bertz CT molecular complexity index is 1420. The minimum absolute atomic E-state index is 0.0116. The van der Waals surface area contributed by atoms with E-state index in [1.54, 1.807) is 0 Å². The molecule has 3 aromatic rings. The van der Waals surface area contributed by atoms with Crippen LogP contribution in [-0.2, 0) is 46.6 Å². The average Bonchev–Trinajstić information content (AvgIpc) is 3.04. The van der Waals surface area contributed by atoms with E-state index in [0.29, 0.717) is 43.4 Å². The second-order valence-corrected chi connectivity index (χ2v) is 12.4. The van der Waals surface area contributed by atoms with E-state index >= 15 is 0 Å². The van der Waals surface area contributed by atoms with Crippen molar-refractivity contribution >= 4 is 23.4 Å². The molecule has 2 aliphatic heterocycles. The predicted molar refractivity (Wildman–Crippen MR) is 166 cm³/mol. The summed E-state index contributed by atoms with van der Waals surface area (Å²) in [6.07, 6.45) is 6.26. The van der Waals surface area contributed by atoms with Crippen molar-refractivity contribution in [3.05, 3.63) is 105 Å². The van der Waals surface area contributed by atoms with Gasteiger partial charge in [0.25, 0.3) is 0 Å². The number of nitrogens with one attached hydrogen (secondary N) is 2. The number of nitrogens with zero attached hydrogens (tertiary/aromatic N) is 1. The fourth-order valence-electron chi connectivity index (χ4n) is 6.97. The first-order valence-electron chi connectivity index (χ1n) is 15.3. The second kappa shape index (κ2) is 13.0. The van der Waals surface area contributed by atoms with Crippen molar-refractivity contribution in [2.45, 2.75) is 75.6 Å². The van der Waals surface area contributed by atoms with E-state index < -0.39 is 6.04 Å². The number of rotatable bonds is 7. The Morgan fingerprint density at radius 3 is 2.45 bits per heavy atom. The molecule has 2 N–H and O–H groups in total. The lowest BCUT2D eigenvalue weighted by Gasteiger charge is -2.37. The summed E-state index contributed by atoms with van der Waals surface area (Å²) in [5.41, 5.74) is 7.70. The first kappa shape index (κ1) is 28.9. The Balaban J connectivity index is 1.14. The molecular formula is C35H40ClN3O3. The summed E-state index contributed by atoms with van der Waals surface area (Å²) in [5.74, 6) is 0.285. The highest BCUT2D eigenvalue weighted by Crippen LogP contribution is 2.35. The highest BCUT2D eigenvalue weighted by molar-refractivity contribution is 6.30. The van der Waals surface area contributed by atoms with Crippen molar-refractivity contribution < 1.29 is 14.3 Å². The number of amides is 2. The molecule has 0 radical (unpaired) electrons. The fraction of sp³-hybridized carbons (Fsp3) is 0.429. The molecule has 0 bridgehead atoms. The number of fused-ring (bicyclic) bond motifs is 2. The van der Waals surface area contributed by atoms with Gasteiger partial charge in [0.2, 0.25) is 11.8 Å². The summed E-state index contributed by atoms with van der Waals surface area (Å²) in [6, 6.07) is 21.4. The Hall–Kier alpha value is -3.19. The van der Waals surface area contributed by atoms with Gasteiger partial charge >= 0.3 is 0 Å². The van der Waals surface area contributed by atoms with Crippen molar-refractivity contribution in [2.75, 3.05) is 20.2 Å². The van der Waals surface area contributed by atoms with E-state index in [9.17, 15) is 9.59 Å². The molecule has 0 aromatic heterocycles. The first-order chi connectivity index (χ1) is 20.5. The Labute approximate surface area is 253 Å². The SMILES string of the molecule is COC1CCc2cccc(C3CCN(C(=O)[C@@H](Cc4ccc(Cl)cc4)NC(=O)[C@H]4Cc5ccccc5CN4)CC3)c2C1. The zero-order chi connectivity index (χ0) is 29.1. The third-order valence-corrected chi connectivity index (χ3v) is 9.67. The molecule has 3 aromatic carbocycles. The van der Waals surface area contributed by atoms with Gasteiger partial charge in [-0.2, -0.15) is 0 Å². The summed E-state index contributed by atoms with van der Waals surface area (Å²) < 4.78 is 5.71. The number of halogens is 1. The van der Waals surface area contributed by atoms with Crippen LogP contribution in [0.3, 0.4) is 0 Å².